The fourth-order valence-electron chi connectivity index (χ4n) is 2.85. The zero-order chi connectivity index (χ0) is 14.9. The molecule has 0 aromatic carbocycles. The Labute approximate surface area is 113 Å². The highest BCUT2D eigenvalue weighted by Crippen LogP contribution is 2.23. The van der Waals surface area contributed by atoms with Crippen LogP contribution in [0.5, 0.6) is 0 Å². The Morgan fingerprint density at radius 2 is 1.63 bits per heavy atom. The molecule has 0 bridgehead atoms. The van der Waals surface area contributed by atoms with Gasteiger partial charge in [-0.2, -0.15) is 13.2 Å². The second-order valence-corrected chi connectivity index (χ2v) is 4.80. The number of nitrogens with one attached hydrogen (secondary N) is 1. The summed E-state index contributed by atoms with van der Waals surface area (Å²) in [6.45, 7) is 5.87. The third-order valence-corrected chi connectivity index (χ3v) is 3.63. The van der Waals surface area contributed by atoms with Gasteiger partial charge in [0.05, 0.1) is 19.7 Å². The summed E-state index contributed by atoms with van der Waals surface area (Å²) in [6, 6.07) is 0. The van der Waals surface area contributed by atoms with Crippen molar-refractivity contribution in [3.63, 3.8) is 0 Å². The molecule has 0 radical (unpaired) electrons. The van der Waals surface area contributed by atoms with Gasteiger partial charge >= 0.3 is 6.18 Å². The maximum atomic E-state index is 10.9. The number of hydrogen-bond donors (Lipinski definition) is 2. The monoisotopic (exact) mass is 286 g/mol. The number of aliphatic hydroxyl groups excluding tert-OH is 1. The van der Waals surface area contributed by atoms with Crippen LogP contribution in [-0.2, 0) is 4.74 Å². The lowest BCUT2D eigenvalue weighted by Crippen LogP contribution is -3.16. The van der Waals surface area contributed by atoms with Crippen molar-refractivity contribution in [3.8, 4) is 0 Å². The lowest BCUT2D eigenvalue weighted by molar-refractivity contribution is -0.926. The number of alkyl halides is 3. The van der Waals surface area contributed by atoms with Gasteiger partial charge in [0, 0.05) is 32.8 Å². The van der Waals surface area contributed by atoms with Gasteiger partial charge < -0.3 is 14.7 Å². The van der Waals surface area contributed by atoms with Gasteiger partial charge in [0.25, 0.3) is 0 Å². The zero-order valence-electron chi connectivity index (χ0n) is 12.1. The molecule has 0 aliphatic carbocycles. The van der Waals surface area contributed by atoms with Gasteiger partial charge in [-0.25, -0.2) is 0 Å². The smallest absolute Gasteiger partial charge is 0.390 e. The molecule has 2 aliphatic heterocycles. The number of quaternary nitrogens is 1. The summed E-state index contributed by atoms with van der Waals surface area (Å²) >= 11 is 0. The van der Waals surface area contributed by atoms with Crippen LogP contribution in [0, 0.1) is 0 Å². The molecule has 0 atom stereocenters. The first-order valence-electron chi connectivity index (χ1n) is 6.95. The van der Waals surface area contributed by atoms with E-state index in [0.29, 0.717) is 12.1 Å². The molecule has 2 N–H and O–H groups in total. The molecule has 0 aromatic heterocycles. The third-order valence-electron chi connectivity index (χ3n) is 3.63. The SMILES string of the molecule is CC.COCC(F)(F)F.OCC12CCC[NH+]1CCC2. The molecule has 2 aliphatic rings. The average molecular weight is 286 g/mol. The van der Waals surface area contributed by atoms with Gasteiger partial charge in [-0.05, 0) is 0 Å². The summed E-state index contributed by atoms with van der Waals surface area (Å²) in [5, 5.41) is 9.21. The third kappa shape index (κ3) is 6.10. The van der Waals surface area contributed by atoms with Crippen LogP contribution >= 0.6 is 0 Å². The molecule has 2 saturated heterocycles. The average Bonchev–Trinajstić information content (AvgIpc) is 2.89. The van der Waals surface area contributed by atoms with E-state index in [-0.39, 0.29) is 0 Å². The van der Waals surface area contributed by atoms with Crippen LogP contribution in [0.1, 0.15) is 39.5 Å². The van der Waals surface area contributed by atoms with Crippen LogP contribution in [0.15, 0.2) is 0 Å². The van der Waals surface area contributed by atoms with Crippen LogP contribution in [0.4, 0.5) is 13.2 Å². The number of ether oxygens (including phenoxy) is 1. The number of aliphatic hydroxyl groups is 1. The Bertz CT molecular complexity index is 224. The topological polar surface area (TPSA) is 33.9 Å². The summed E-state index contributed by atoms with van der Waals surface area (Å²) in [7, 11) is 1.01. The van der Waals surface area contributed by atoms with E-state index >= 15 is 0 Å². The van der Waals surface area contributed by atoms with E-state index in [1.54, 1.807) is 4.90 Å². The van der Waals surface area contributed by atoms with Gasteiger partial charge in [-0.15, -0.1) is 0 Å². The highest BCUT2D eigenvalue weighted by Gasteiger charge is 2.47. The Morgan fingerprint density at radius 3 is 1.84 bits per heavy atom. The lowest BCUT2D eigenvalue weighted by atomic mass is 9.96. The van der Waals surface area contributed by atoms with Crippen molar-refractivity contribution in [1.29, 1.82) is 0 Å². The number of fused-ring (bicyclic) bond motifs is 1. The normalized spacial score (nSPS) is 28.9. The van der Waals surface area contributed by atoms with Gasteiger partial charge in [0.15, 0.2) is 0 Å². The molecule has 0 aromatic rings. The minimum absolute atomic E-state index is 0.319. The molecule has 0 unspecified atom stereocenters. The largest absolute Gasteiger partial charge is 0.411 e. The molecule has 19 heavy (non-hydrogen) atoms. The predicted molar refractivity (Wildman–Crippen MR) is 68.3 cm³/mol. The van der Waals surface area contributed by atoms with E-state index in [1.165, 1.54) is 38.8 Å². The highest BCUT2D eigenvalue weighted by molar-refractivity contribution is 4.85. The predicted octanol–water partition coefficient (Wildman–Crippen LogP) is 1.41. The fraction of sp³-hybridized carbons (Fsp3) is 1.00. The van der Waals surface area contributed by atoms with Crippen molar-refractivity contribution in [2.45, 2.75) is 51.2 Å². The number of halogens is 3. The molecule has 2 heterocycles. The van der Waals surface area contributed by atoms with Crippen molar-refractivity contribution in [2.24, 2.45) is 0 Å². The Hall–Kier alpha value is -0.330. The quantitative estimate of drug-likeness (QED) is 0.805. The molecular weight excluding hydrogens is 259 g/mol. The molecular formula is C13H27F3NO2+. The molecule has 0 amide bonds. The van der Waals surface area contributed by atoms with E-state index < -0.39 is 12.8 Å². The maximum absolute atomic E-state index is 10.9. The standard InChI is InChI=1S/C8H15NO.C3H5F3O.C2H6/c10-7-8-3-1-5-9(8)6-2-4-8;1-7-2-3(4,5)6;1-2/h10H,1-7H2;2H2,1H3;1-2H3/p+1. The summed E-state index contributed by atoms with van der Waals surface area (Å²) in [6.07, 6.45) is 1.01. The molecule has 2 rings (SSSR count). The van der Waals surface area contributed by atoms with Crippen LogP contribution in [0.25, 0.3) is 0 Å². The summed E-state index contributed by atoms with van der Waals surface area (Å²) in [5.74, 6) is 0. The summed E-state index contributed by atoms with van der Waals surface area (Å²) in [4.78, 5) is 1.68. The van der Waals surface area contributed by atoms with E-state index in [9.17, 15) is 18.3 Å². The van der Waals surface area contributed by atoms with Crippen LogP contribution in [0.2, 0.25) is 0 Å². The Kier molecular flexibility index (Phi) is 8.61. The molecule has 6 heteroatoms. The minimum Gasteiger partial charge on any atom is -0.390 e. The van der Waals surface area contributed by atoms with Gasteiger partial charge in [0.2, 0.25) is 0 Å². The molecule has 0 spiro atoms. The number of methoxy groups -OCH3 is 1. The van der Waals surface area contributed by atoms with Crippen LogP contribution in [-0.4, -0.2) is 50.2 Å². The van der Waals surface area contributed by atoms with E-state index in [2.05, 4.69) is 4.74 Å². The van der Waals surface area contributed by atoms with Crippen molar-refractivity contribution >= 4 is 0 Å². The maximum Gasteiger partial charge on any atom is 0.411 e. The Morgan fingerprint density at radius 1 is 1.16 bits per heavy atom. The van der Waals surface area contributed by atoms with E-state index in [1.807, 2.05) is 13.8 Å². The molecule has 3 nitrogen and oxygen atoms in total. The first kappa shape index (κ1) is 18.7. The minimum atomic E-state index is -4.17. The Balaban J connectivity index is 0.000000321. The first-order chi connectivity index (χ1) is 8.93. The summed E-state index contributed by atoms with van der Waals surface area (Å²) < 4.78 is 36.6. The highest BCUT2D eigenvalue weighted by atomic mass is 19.4. The van der Waals surface area contributed by atoms with E-state index in [4.69, 9.17) is 0 Å². The number of rotatable bonds is 2. The van der Waals surface area contributed by atoms with Gasteiger partial charge in [-0.1, -0.05) is 13.8 Å². The second-order valence-electron chi connectivity index (χ2n) is 4.80. The van der Waals surface area contributed by atoms with Crippen molar-refractivity contribution in [3.05, 3.63) is 0 Å². The lowest BCUT2D eigenvalue weighted by Gasteiger charge is -2.25. The van der Waals surface area contributed by atoms with Crippen molar-refractivity contribution < 1.29 is 27.9 Å². The zero-order valence-corrected chi connectivity index (χ0v) is 12.1. The van der Waals surface area contributed by atoms with E-state index in [0.717, 1.165) is 7.11 Å². The first-order valence-corrected chi connectivity index (χ1v) is 6.95. The van der Waals surface area contributed by atoms with Crippen LogP contribution in [0.3, 0.4) is 0 Å². The molecule has 2 fully saturated rings. The number of hydrogen-bond acceptors (Lipinski definition) is 2. The van der Waals surface area contributed by atoms with Gasteiger partial charge in [-0.3, -0.25) is 0 Å². The van der Waals surface area contributed by atoms with Crippen LogP contribution < -0.4 is 4.90 Å². The molecule has 116 valence electrons. The second kappa shape index (κ2) is 8.76. The van der Waals surface area contributed by atoms with Crippen molar-refractivity contribution in [2.75, 3.05) is 33.4 Å². The van der Waals surface area contributed by atoms with Crippen molar-refractivity contribution in [1.82, 2.24) is 0 Å². The fourth-order valence-corrected chi connectivity index (χ4v) is 2.85. The van der Waals surface area contributed by atoms with Gasteiger partial charge in [0.1, 0.15) is 12.1 Å². The molecule has 0 saturated carbocycles. The summed E-state index contributed by atoms with van der Waals surface area (Å²) in [5.41, 5.74) is 0.319.